The normalized spacial score (nSPS) is 32.2. The van der Waals surface area contributed by atoms with Crippen molar-refractivity contribution in [3.63, 3.8) is 0 Å². The van der Waals surface area contributed by atoms with E-state index in [4.69, 9.17) is 0 Å². The third-order valence-electron chi connectivity index (χ3n) is 33.7. The molecule has 0 N–H and O–H groups in total. The zero-order valence-electron chi connectivity index (χ0n) is 81.0. The van der Waals surface area contributed by atoms with E-state index in [1.165, 1.54) is 420 Å². The molecule has 21 saturated carbocycles. The minimum Gasteiger partial charge on any atom is -0.0885 e. The molecule has 121 heavy (non-hydrogen) atoms. The number of hydrogen-bond donors (Lipinski definition) is 0. The van der Waals surface area contributed by atoms with Gasteiger partial charge in [-0.2, -0.15) is 0 Å². The summed E-state index contributed by atoms with van der Waals surface area (Å²) in [7, 11) is 0. The molecule has 0 aromatic heterocycles. The van der Waals surface area contributed by atoms with Crippen LogP contribution in [0.15, 0.2) is 109 Å². The van der Waals surface area contributed by atoms with Crippen LogP contribution >= 0.6 is 0 Å². The second-order valence-electron chi connectivity index (χ2n) is 43.9. The molecule has 0 heteroatoms. The molecule has 21 fully saturated rings. The van der Waals surface area contributed by atoms with Crippen LogP contribution in [0.4, 0.5) is 0 Å². The average molecular weight is 1660 g/mol. The maximum Gasteiger partial charge on any atom is -0.0169 e. The van der Waals surface area contributed by atoms with E-state index in [1.54, 1.807) is 184 Å². The van der Waals surface area contributed by atoms with E-state index in [0.29, 0.717) is 0 Å². The van der Waals surface area contributed by atoms with Gasteiger partial charge in [0.1, 0.15) is 0 Å². The van der Waals surface area contributed by atoms with Gasteiger partial charge in [0.2, 0.25) is 0 Å². The topological polar surface area (TPSA) is 0 Å². The third kappa shape index (κ3) is 50.2. The molecule has 4 atom stereocenters. The maximum atomic E-state index is 2.38. The summed E-state index contributed by atoms with van der Waals surface area (Å²) in [5.41, 5.74) is 3.13. The van der Waals surface area contributed by atoms with Crippen LogP contribution in [0.1, 0.15) is 557 Å². The number of rotatable bonds is 0. The molecule has 27 aliphatic carbocycles. The third-order valence-corrected chi connectivity index (χ3v) is 33.7. The first-order valence-corrected chi connectivity index (χ1v) is 56.8. The molecule has 0 heterocycles. The Balaban J connectivity index is 0.000000146. The van der Waals surface area contributed by atoms with Gasteiger partial charge in [-0.05, 0) is 222 Å². The van der Waals surface area contributed by atoms with Crippen molar-refractivity contribution >= 4 is 0 Å². The van der Waals surface area contributed by atoms with Crippen LogP contribution in [-0.4, -0.2) is 0 Å². The van der Waals surface area contributed by atoms with Crippen molar-refractivity contribution in [1.29, 1.82) is 0 Å². The Labute approximate surface area is 757 Å². The molecule has 4 unspecified atom stereocenters. The van der Waals surface area contributed by atoms with Gasteiger partial charge >= 0.3 is 0 Å². The molecule has 27 aliphatic rings. The maximum absolute atomic E-state index is 2.38. The first-order chi connectivity index (χ1) is 60.2. The lowest BCUT2D eigenvalue weighted by molar-refractivity contribution is 0.116. The molecule has 28 rings (SSSR count). The van der Waals surface area contributed by atoms with E-state index in [9.17, 15) is 0 Å². The Bertz CT molecular complexity index is 2460. The predicted molar refractivity (Wildman–Crippen MR) is 539 cm³/mol. The highest BCUT2D eigenvalue weighted by Gasteiger charge is 2.34. The Morgan fingerprint density at radius 2 is 0.397 bits per heavy atom. The molecule has 1 aromatic rings. The Morgan fingerprint density at radius 1 is 0.157 bits per heavy atom. The fourth-order valence-electron chi connectivity index (χ4n) is 25.1. The largest absolute Gasteiger partial charge is 0.0885 e. The Hall–Kier alpha value is -2.60. The van der Waals surface area contributed by atoms with Crippen LogP contribution in [0.2, 0.25) is 0 Å². The second kappa shape index (κ2) is 70.3. The number of aryl methyl sites for hydroxylation is 2. The monoisotopic (exact) mass is 1660 g/mol. The average Bonchev–Trinajstić information content (AvgIpc) is 1.80. The van der Waals surface area contributed by atoms with Crippen molar-refractivity contribution in [3.8, 4) is 0 Å². The van der Waals surface area contributed by atoms with Gasteiger partial charge in [0.05, 0.1) is 0 Å². The van der Waals surface area contributed by atoms with Gasteiger partial charge in [-0.1, -0.05) is 540 Å². The first-order valence-electron chi connectivity index (χ1n) is 56.8. The summed E-state index contributed by atoms with van der Waals surface area (Å²) >= 11 is 0. The fourth-order valence-corrected chi connectivity index (χ4v) is 25.1. The van der Waals surface area contributed by atoms with Crippen LogP contribution in [0.3, 0.4) is 0 Å². The van der Waals surface area contributed by atoms with Gasteiger partial charge in [-0.25, -0.2) is 0 Å². The van der Waals surface area contributed by atoms with Crippen LogP contribution in [0, 0.1) is 82.9 Å². The predicted octanol–water partition coefficient (Wildman–Crippen LogP) is 40.6. The van der Waals surface area contributed by atoms with Crippen LogP contribution < -0.4 is 0 Å². The van der Waals surface area contributed by atoms with Gasteiger partial charge in [-0.15, -0.1) is 0 Å². The van der Waals surface area contributed by atoms with Gasteiger partial charge in [0, 0.05) is 0 Å². The molecule has 0 nitrogen and oxygen atoms in total. The van der Waals surface area contributed by atoms with Crippen molar-refractivity contribution in [2.24, 2.45) is 82.9 Å². The fraction of sp³-hybridized carbons (Fsp3) is 0.835. The molecule has 8 bridgehead atoms. The van der Waals surface area contributed by atoms with E-state index in [2.05, 4.69) is 109 Å². The lowest BCUT2D eigenvalue weighted by Crippen LogP contribution is -2.28. The van der Waals surface area contributed by atoms with Crippen molar-refractivity contribution < 1.29 is 0 Å². The van der Waals surface area contributed by atoms with Crippen molar-refractivity contribution in [3.05, 3.63) is 120 Å². The van der Waals surface area contributed by atoms with E-state index in [0.717, 1.165) is 48.3 Å². The standard InChI is InChI=1S/C10H18.C9H16.C9H10.2C8H14.C8H16.C7H12.C7H10.C7H12.C7H14.C6H12.C6H10.2C6H8.C5H10.C5H8.C4H8.C3H6/c1-2-6-10-8-4-3-7-9(10)5-1;2*1-2-5-9-7-3-6-8(9)4-1;1-3-7-5-2-6-8(7)4-1;1-2-8-5-3-7(1)4-6-8;1-2-4-6-8-7-5-3-1;2*1-2-7-4-3-6(1)5-7;1-2-6-4-7(3-1)5-6;1-2-4-6-7-5-3-1;4*1-2-4-6-5-3-1;2*1-2-4-5-3-1;1-2-4-3-1;1-2-3-1/h9-10H,1-8H2;8-9H,1-7H2;1-2,4-5H,3,6-7H2;2*7-8H,1-6H2;1-8H2;6-7H,1-5H2;1-2,6-7H,3-5H2;6-7H,1-5H2;1-7H2;1-6H2;1-2H,3-6H2;1-2,5-6H,3-4H2;1-4H,5-6H2;1-5H2;1-2H,3-5H2;1-4H2;1-3H2. The molecule has 0 spiro atoms. The molecule has 0 radical (unpaired) electrons. The summed E-state index contributed by atoms with van der Waals surface area (Å²) in [5.74, 6) is 16.0. The van der Waals surface area contributed by atoms with Gasteiger partial charge < -0.3 is 0 Å². The minimum absolute atomic E-state index is 0.991. The lowest BCUT2D eigenvalue weighted by atomic mass is 9.65. The smallest absolute Gasteiger partial charge is 0.0169 e. The zero-order valence-corrected chi connectivity index (χ0v) is 81.0. The van der Waals surface area contributed by atoms with E-state index in [-0.39, 0.29) is 0 Å². The van der Waals surface area contributed by atoms with Crippen molar-refractivity contribution in [2.45, 2.75) is 559 Å². The Kier molecular flexibility index (Phi) is 59.4. The summed E-state index contributed by atoms with van der Waals surface area (Å²) in [6.45, 7) is 0. The van der Waals surface area contributed by atoms with Gasteiger partial charge in [0.15, 0.2) is 0 Å². The van der Waals surface area contributed by atoms with Gasteiger partial charge in [0.25, 0.3) is 0 Å². The summed E-state index contributed by atoms with van der Waals surface area (Å²) in [6, 6.07) is 8.74. The van der Waals surface area contributed by atoms with Crippen LogP contribution in [0.5, 0.6) is 0 Å². The molecular formula is C121H206. The highest BCUT2D eigenvalue weighted by molar-refractivity contribution is 5.30. The first kappa shape index (κ1) is 102. The molecule has 1 aromatic carbocycles. The molecular weight excluding hydrogens is 1450 g/mol. The summed E-state index contributed by atoms with van der Waals surface area (Å²) in [5, 5.41) is 0. The van der Waals surface area contributed by atoms with Crippen molar-refractivity contribution in [1.82, 2.24) is 0 Å². The number of allylic oxidation sites excluding steroid dienone is 14. The zero-order chi connectivity index (χ0) is 83.5. The van der Waals surface area contributed by atoms with E-state index >= 15 is 0 Å². The SMILES string of the molecule is C1=CC2CCC1C2.C1=CCC=CC1.C1=CCCC1.C1=CCCC=C1.C1=CCCCC1.C1CC1.C1CC2CC(C1)C2.C1CC2CCC1C2.C1CC2CCC1CC2.C1CC2CCCC2C1.C1CCC1.C1CCC2CCCC2C1.C1CCC2CCCCC2C1.C1CCCC1.C1CCCCC1.C1CCCCCC1.C1CCCCCCC1.c1ccc2c(c1)CCC2. The number of benzene rings is 1. The minimum atomic E-state index is 0.991. The summed E-state index contributed by atoms with van der Waals surface area (Å²) in [4.78, 5) is 0. The summed E-state index contributed by atoms with van der Waals surface area (Å²) < 4.78 is 0. The van der Waals surface area contributed by atoms with Crippen molar-refractivity contribution in [2.75, 3.05) is 0 Å². The highest BCUT2D eigenvalue weighted by Crippen LogP contribution is 2.48. The molecule has 0 amide bonds. The summed E-state index contributed by atoms with van der Waals surface area (Å²) in [6.07, 6.45) is 161. The molecule has 690 valence electrons. The number of hydrogen-bond acceptors (Lipinski definition) is 0. The highest BCUT2D eigenvalue weighted by atomic mass is 14.4. The van der Waals surface area contributed by atoms with Gasteiger partial charge in [-0.3, -0.25) is 0 Å². The lowest BCUT2D eigenvalue weighted by Gasteiger charge is -2.40. The van der Waals surface area contributed by atoms with E-state index in [1.807, 2.05) is 0 Å². The van der Waals surface area contributed by atoms with E-state index < -0.39 is 0 Å². The Morgan fingerprint density at radius 3 is 0.554 bits per heavy atom. The second-order valence-corrected chi connectivity index (χ2v) is 43.9. The molecule has 0 saturated heterocycles. The van der Waals surface area contributed by atoms with Crippen LogP contribution in [0.25, 0.3) is 0 Å². The molecule has 0 aliphatic heterocycles. The quantitative estimate of drug-likeness (QED) is 0.179. The number of fused-ring (bicyclic) bond motifs is 13. The van der Waals surface area contributed by atoms with Crippen LogP contribution in [-0.2, 0) is 12.8 Å².